The second-order valence-corrected chi connectivity index (χ2v) is 6.68. The van der Waals surface area contributed by atoms with Crippen LogP contribution in [-0.2, 0) is 14.3 Å². The molecule has 1 saturated heterocycles. The lowest BCUT2D eigenvalue weighted by Gasteiger charge is -2.41. The van der Waals surface area contributed by atoms with Crippen LogP contribution >= 0.6 is 0 Å². The molecule has 0 spiro atoms. The summed E-state index contributed by atoms with van der Waals surface area (Å²) in [5.74, 6) is 0.0503. The number of aliphatic carboxylic acids is 1. The van der Waals surface area contributed by atoms with Gasteiger partial charge in [-0.15, -0.1) is 0 Å². The van der Waals surface area contributed by atoms with Gasteiger partial charge in [-0.1, -0.05) is 12.2 Å². The Morgan fingerprint density at radius 2 is 2.00 bits per heavy atom. The number of amides is 1. The lowest BCUT2D eigenvalue weighted by Crippen LogP contribution is -2.56. The minimum Gasteiger partial charge on any atom is -0.481 e. The molecule has 0 aromatic rings. The number of carboxylic acid groups (broad SMARTS) is 1. The van der Waals surface area contributed by atoms with E-state index in [0.717, 1.165) is 12.8 Å². The molecular formula is C16H23NO4. The molecule has 2 fully saturated rings. The van der Waals surface area contributed by atoms with Gasteiger partial charge in [-0.2, -0.15) is 0 Å². The van der Waals surface area contributed by atoms with Crippen LogP contribution in [0.4, 0.5) is 0 Å². The summed E-state index contributed by atoms with van der Waals surface area (Å²) in [5, 5.41) is 12.2. The first kappa shape index (κ1) is 14.6. The molecule has 1 aliphatic heterocycles. The van der Waals surface area contributed by atoms with E-state index in [0.29, 0.717) is 37.9 Å². The molecule has 1 heterocycles. The molecule has 116 valence electrons. The molecule has 4 rings (SSSR count). The highest BCUT2D eigenvalue weighted by molar-refractivity contribution is 5.81. The van der Waals surface area contributed by atoms with Gasteiger partial charge in [0.25, 0.3) is 0 Å². The van der Waals surface area contributed by atoms with E-state index in [1.165, 1.54) is 6.42 Å². The highest BCUT2D eigenvalue weighted by Gasteiger charge is 2.41. The van der Waals surface area contributed by atoms with Gasteiger partial charge in [0.1, 0.15) is 0 Å². The number of ether oxygens (including phenoxy) is 1. The number of fused-ring (bicyclic) bond motifs is 2. The van der Waals surface area contributed by atoms with Gasteiger partial charge < -0.3 is 15.2 Å². The molecule has 5 nitrogen and oxygen atoms in total. The van der Waals surface area contributed by atoms with E-state index in [-0.39, 0.29) is 18.2 Å². The standard InChI is InChI=1S/C16H23NO4/c18-14(19)10-16(5-7-21-8-6-16)17-15(20)13-9-11-1-3-12(13)4-2-11/h1,3,11-13H,2,4-10H2,(H,17,20)(H,18,19)/t11-,12+,13-/m1/s1. The zero-order valence-corrected chi connectivity index (χ0v) is 12.2. The van der Waals surface area contributed by atoms with E-state index >= 15 is 0 Å². The molecule has 2 bridgehead atoms. The molecule has 2 N–H and O–H groups in total. The summed E-state index contributed by atoms with van der Waals surface area (Å²) < 4.78 is 5.33. The SMILES string of the molecule is O=C(O)CC1(NC(=O)[C@@H]2C[C@@H]3C=C[C@H]2CC3)CCOCC1. The van der Waals surface area contributed by atoms with Crippen LogP contribution in [0.5, 0.6) is 0 Å². The van der Waals surface area contributed by atoms with E-state index in [4.69, 9.17) is 9.84 Å². The summed E-state index contributed by atoms with van der Waals surface area (Å²) in [6.07, 6.45) is 8.73. The van der Waals surface area contributed by atoms with Gasteiger partial charge in [0, 0.05) is 19.1 Å². The van der Waals surface area contributed by atoms with Crippen molar-refractivity contribution in [2.75, 3.05) is 13.2 Å². The van der Waals surface area contributed by atoms with Gasteiger partial charge in [0.05, 0.1) is 12.0 Å². The third-order valence-electron chi connectivity index (χ3n) is 5.24. The Balaban J connectivity index is 1.69. The Labute approximate surface area is 124 Å². The van der Waals surface area contributed by atoms with E-state index in [9.17, 15) is 9.59 Å². The maximum Gasteiger partial charge on any atom is 0.305 e. The van der Waals surface area contributed by atoms with Crippen LogP contribution in [0.2, 0.25) is 0 Å². The molecule has 0 aromatic heterocycles. The van der Waals surface area contributed by atoms with Crippen molar-refractivity contribution < 1.29 is 19.4 Å². The maximum atomic E-state index is 12.7. The van der Waals surface area contributed by atoms with Crippen LogP contribution in [0, 0.1) is 17.8 Å². The number of nitrogens with one attached hydrogen (secondary N) is 1. The quantitative estimate of drug-likeness (QED) is 0.774. The van der Waals surface area contributed by atoms with E-state index < -0.39 is 11.5 Å². The van der Waals surface area contributed by atoms with Crippen LogP contribution < -0.4 is 5.32 Å². The molecule has 1 saturated carbocycles. The van der Waals surface area contributed by atoms with E-state index in [1.54, 1.807) is 0 Å². The van der Waals surface area contributed by atoms with Crippen LogP contribution in [0.15, 0.2) is 12.2 Å². The van der Waals surface area contributed by atoms with Crippen LogP contribution in [-0.4, -0.2) is 35.7 Å². The number of hydrogen-bond acceptors (Lipinski definition) is 3. The molecule has 3 atom stereocenters. The van der Waals surface area contributed by atoms with Crippen molar-refractivity contribution in [1.29, 1.82) is 0 Å². The first-order valence-electron chi connectivity index (χ1n) is 7.88. The second kappa shape index (κ2) is 5.79. The maximum absolute atomic E-state index is 12.7. The van der Waals surface area contributed by atoms with Gasteiger partial charge >= 0.3 is 5.97 Å². The summed E-state index contributed by atoms with van der Waals surface area (Å²) >= 11 is 0. The van der Waals surface area contributed by atoms with Gasteiger partial charge in [0.2, 0.25) is 5.91 Å². The van der Waals surface area contributed by atoms with Crippen molar-refractivity contribution in [3.05, 3.63) is 12.2 Å². The fourth-order valence-electron chi connectivity index (χ4n) is 3.98. The Bertz CT molecular complexity index is 453. The fraction of sp³-hybridized carbons (Fsp3) is 0.750. The van der Waals surface area contributed by atoms with Crippen LogP contribution in [0.1, 0.15) is 38.5 Å². The van der Waals surface area contributed by atoms with Crippen molar-refractivity contribution >= 4 is 11.9 Å². The number of rotatable bonds is 4. The van der Waals surface area contributed by atoms with Crippen molar-refractivity contribution in [1.82, 2.24) is 5.32 Å². The molecule has 0 aromatic carbocycles. The Hall–Kier alpha value is -1.36. The molecule has 0 unspecified atom stereocenters. The van der Waals surface area contributed by atoms with Crippen molar-refractivity contribution in [2.24, 2.45) is 17.8 Å². The third kappa shape index (κ3) is 3.12. The van der Waals surface area contributed by atoms with E-state index in [2.05, 4.69) is 17.5 Å². The van der Waals surface area contributed by atoms with Gasteiger partial charge in [-0.05, 0) is 43.9 Å². The number of hydrogen-bond donors (Lipinski definition) is 2. The minimum absolute atomic E-state index is 0.0151. The van der Waals surface area contributed by atoms with Crippen molar-refractivity contribution in [3.8, 4) is 0 Å². The summed E-state index contributed by atoms with van der Waals surface area (Å²) in [6, 6.07) is 0. The van der Waals surface area contributed by atoms with Gasteiger partial charge in [-0.3, -0.25) is 9.59 Å². The molecule has 3 aliphatic carbocycles. The van der Waals surface area contributed by atoms with Crippen molar-refractivity contribution in [3.63, 3.8) is 0 Å². The molecule has 1 amide bonds. The lowest BCUT2D eigenvalue weighted by atomic mass is 9.68. The predicted octanol–water partition coefficient (Wildman–Crippen LogP) is 1.73. The topological polar surface area (TPSA) is 75.6 Å². The number of allylic oxidation sites excluding steroid dienone is 2. The zero-order chi connectivity index (χ0) is 14.9. The predicted molar refractivity (Wildman–Crippen MR) is 76.6 cm³/mol. The molecule has 21 heavy (non-hydrogen) atoms. The average Bonchev–Trinajstić information content (AvgIpc) is 2.48. The highest BCUT2D eigenvalue weighted by atomic mass is 16.5. The van der Waals surface area contributed by atoms with Crippen molar-refractivity contribution in [2.45, 2.75) is 44.1 Å². The monoisotopic (exact) mass is 293 g/mol. The third-order valence-corrected chi connectivity index (χ3v) is 5.24. The summed E-state index contributed by atoms with van der Waals surface area (Å²) in [6.45, 7) is 1.04. The minimum atomic E-state index is -0.859. The van der Waals surface area contributed by atoms with Crippen LogP contribution in [0.25, 0.3) is 0 Å². The summed E-state index contributed by atoms with van der Waals surface area (Å²) in [7, 11) is 0. The Morgan fingerprint density at radius 1 is 1.24 bits per heavy atom. The number of carboxylic acids is 1. The van der Waals surface area contributed by atoms with Gasteiger partial charge in [-0.25, -0.2) is 0 Å². The Kier molecular flexibility index (Phi) is 4.02. The van der Waals surface area contributed by atoms with Crippen LogP contribution in [0.3, 0.4) is 0 Å². The molecule has 5 heteroatoms. The van der Waals surface area contributed by atoms with Gasteiger partial charge in [0.15, 0.2) is 0 Å². The first-order valence-corrected chi connectivity index (χ1v) is 7.88. The first-order chi connectivity index (χ1) is 10.1. The number of carbonyl (C=O) groups excluding carboxylic acids is 1. The normalized spacial score (nSPS) is 33.6. The molecule has 4 aliphatic rings. The largest absolute Gasteiger partial charge is 0.481 e. The Morgan fingerprint density at radius 3 is 2.52 bits per heavy atom. The summed E-state index contributed by atoms with van der Waals surface area (Å²) in [4.78, 5) is 23.8. The molecule has 0 radical (unpaired) electrons. The fourth-order valence-corrected chi connectivity index (χ4v) is 3.98. The average molecular weight is 293 g/mol. The second-order valence-electron chi connectivity index (χ2n) is 6.68. The lowest BCUT2D eigenvalue weighted by molar-refractivity contribution is -0.141. The zero-order valence-electron chi connectivity index (χ0n) is 12.2. The smallest absolute Gasteiger partial charge is 0.305 e. The highest BCUT2D eigenvalue weighted by Crippen LogP contribution is 2.41. The van der Waals surface area contributed by atoms with E-state index in [1.807, 2.05) is 0 Å². The summed E-state index contributed by atoms with van der Waals surface area (Å²) in [5.41, 5.74) is -0.623. The molecular weight excluding hydrogens is 270 g/mol. The number of carbonyl (C=O) groups is 2.